The average molecular weight is 300 g/mol. The zero-order valence-electron chi connectivity index (χ0n) is 15.5. The Kier molecular flexibility index (Phi) is 5.17. The summed E-state index contributed by atoms with van der Waals surface area (Å²) in [6.07, 6.45) is 1.23. The summed E-state index contributed by atoms with van der Waals surface area (Å²) in [4.78, 5) is 2.74. The van der Waals surface area contributed by atoms with Gasteiger partial charge in [0.2, 0.25) is 0 Å². The van der Waals surface area contributed by atoms with Crippen molar-refractivity contribution in [3.8, 4) is 0 Å². The summed E-state index contributed by atoms with van der Waals surface area (Å²) in [5.74, 6) is 0.667. The second-order valence-electron chi connectivity index (χ2n) is 8.03. The topological polar surface area (TPSA) is 3.24 Å². The van der Waals surface area contributed by atoms with Crippen LogP contribution in [0.1, 0.15) is 60.5 Å². The van der Waals surface area contributed by atoms with Gasteiger partial charge in [-0.05, 0) is 44.1 Å². The lowest BCUT2D eigenvalue weighted by molar-refractivity contribution is 0.0222. The van der Waals surface area contributed by atoms with Crippen LogP contribution in [0, 0.1) is 11.3 Å². The Morgan fingerprint density at radius 3 is 2.09 bits per heavy atom. The molecule has 1 aliphatic heterocycles. The van der Waals surface area contributed by atoms with Gasteiger partial charge in [-0.1, -0.05) is 69.2 Å². The van der Waals surface area contributed by atoms with Gasteiger partial charge in [-0.25, -0.2) is 0 Å². The molecule has 0 saturated carbocycles. The number of hydrogen-bond donors (Lipinski definition) is 0. The van der Waals surface area contributed by atoms with E-state index < -0.39 is 0 Å². The van der Waals surface area contributed by atoms with Gasteiger partial charge in [0.05, 0.1) is 0 Å². The molecule has 122 valence electrons. The quantitative estimate of drug-likeness (QED) is 0.650. The van der Waals surface area contributed by atoms with Gasteiger partial charge >= 0.3 is 0 Å². The van der Waals surface area contributed by atoms with E-state index in [-0.39, 0.29) is 5.41 Å². The van der Waals surface area contributed by atoms with Gasteiger partial charge in [0, 0.05) is 18.6 Å². The molecule has 0 radical (unpaired) electrons. The van der Waals surface area contributed by atoms with Gasteiger partial charge in [-0.15, -0.1) is 0 Å². The van der Waals surface area contributed by atoms with E-state index in [0.29, 0.717) is 18.0 Å². The second-order valence-corrected chi connectivity index (χ2v) is 8.03. The van der Waals surface area contributed by atoms with Crippen LogP contribution in [0.3, 0.4) is 0 Å². The van der Waals surface area contributed by atoms with Gasteiger partial charge in [0.25, 0.3) is 0 Å². The van der Waals surface area contributed by atoms with Crippen LogP contribution in [0.15, 0.2) is 41.5 Å². The van der Waals surface area contributed by atoms with Crippen molar-refractivity contribution in [2.75, 3.05) is 0 Å². The van der Waals surface area contributed by atoms with E-state index in [1.807, 2.05) is 0 Å². The van der Waals surface area contributed by atoms with Crippen LogP contribution >= 0.6 is 0 Å². The van der Waals surface area contributed by atoms with E-state index in [2.05, 4.69) is 83.7 Å². The fourth-order valence-corrected chi connectivity index (χ4v) is 4.24. The van der Waals surface area contributed by atoms with E-state index in [1.165, 1.54) is 12.0 Å². The third-order valence-corrected chi connectivity index (χ3v) is 5.58. The summed E-state index contributed by atoms with van der Waals surface area (Å²) in [6.45, 7) is 17.7. The molecular formula is C21H33N. The van der Waals surface area contributed by atoms with E-state index in [9.17, 15) is 0 Å². The molecule has 1 heteroatoms. The van der Waals surface area contributed by atoms with Crippen molar-refractivity contribution >= 4 is 0 Å². The summed E-state index contributed by atoms with van der Waals surface area (Å²) in [5.41, 5.74) is 4.90. The first kappa shape index (κ1) is 17.3. The summed E-state index contributed by atoms with van der Waals surface area (Å²) >= 11 is 0. The molecule has 0 aliphatic carbocycles. The summed E-state index contributed by atoms with van der Waals surface area (Å²) in [5, 5.41) is 0. The largest absolute Gasteiger partial charge is 0.289 e. The average Bonchev–Trinajstić information content (AvgIpc) is 2.47. The number of hydrogen-bond acceptors (Lipinski definition) is 1. The number of benzene rings is 1. The maximum absolute atomic E-state index is 2.74. The minimum Gasteiger partial charge on any atom is -0.289 e. The fourth-order valence-electron chi connectivity index (χ4n) is 4.24. The number of nitrogens with zero attached hydrogens (tertiary/aromatic N) is 1. The Hall–Kier alpha value is -1.08. The summed E-state index contributed by atoms with van der Waals surface area (Å²) in [6, 6.07) is 12.0. The molecule has 1 aliphatic rings. The third-order valence-electron chi connectivity index (χ3n) is 5.58. The Balaban J connectivity index is 2.43. The molecule has 3 atom stereocenters. The fraction of sp³-hybridized carbons (Fsp3) is 0.619. The molecular weight excluding hydrogens is 266 g/mol. The second kappa shape index (κ2) is 6.58. The molecule has 0 fully saturated rings. The molecule has 0 amide bonds. The molecule has 1 nitrogen and oxygen atoms in total. The maximum atomic E-state index is 2.74. The molecule has 0 saturated heterocycles. The molecule has 22 heavy (non-hydrogen) atoms. The molecule has 1 aromatic rings. The van der Waals surface area contributed by atoms with Crippen LogP contribution in [0.5, 0.6) is 0 Å². The predicted octanol–water partition coefficient (Wildman–Crippen LogP) is 5.67. The molecule has 1 heterocycles. The van der Waals surface area contributed by atoms with Crippen LogP contribution in [-0.2, 0) is 6.54 Å². The van der Waals surface area contributed by atoms with E-state index in [4.69, 9.17) is 0 Å². The normalized spacial score (nSPS) is 27.3. The Morgan fingerprint density at radius 2 is 1.59 bits per heavy atom. The van der Waals surface area contributed by atoms with Crippen molar-refractivity contribution in [1.82, 2.24) is 4.90 Å². The van der Waals surface area contributed by atoms with E-state index in [1.54, 1.807) is 11.1 Å². The Morgan fingerprint density at radius 1 is 1.00 bits per heavy atom. The van der Waals surface area contributed by atoms with Crippen molar-refractivity contribution in [2.45, 2.75) is 73.5 Å². The molecule has 0 N–H and O–H groups in total. The van der Waals surface area contributed by atoms with Crippen molar-refractivity contribution in [3.05, 3.63) is 47.0 Å². The first-order valence-electron chi connectivity index (χ1n) is 8.74. The van der Waals surface area contributed by atoms with Crippen LogP contribution in [0.25, 0.3) is 0 Å². The van der Waals surface area contributed by atoms with Crippen molar-refractivity contribution < 1.29 is 0 Å². The minimum atomic E-state index is 0.283. The smallest absolute Gasteiger partial charge is 0.0286 e. The molecule has 0 unspecified atom stereocenters. The monoisotopic (exact) mass is 299 g/mol. The van der Waals surface area contributed by atoms with Crippen LogP contribution in [-0.4, -0.2) is 17.0 Å². The first-order chi connectivity index (χ1) is 10.3. The van der Waals surface area contributed by atoms with Crippen molar-refractivity contribution in [1.29, 1.82) is 0 Å². The minimum absolute atomic E-state index is 0.283. The highest BCUT2D eigenvalue weighted by atomic mass is 15.2. The molecule has 0 spiro atoms. The maximum Gasteiger partial charge on any atom is 0.0286 e. The summed E-state index contributed by atoms with van der Waals surface area (Å²) in [7, 11) is 0. The highest BCUT2D eigenvalue weighted by Gasteiger charge is 2.42. The Labute approximate surface area is 137 Å². The lowest BCUT2D eigenvalue weighted by atomic mass is 9.69. The van der Waals surface area contributed by atoms with Gasteiger partial charge in [0.15, 0.2) is 0 Å². The predicted molar refractivity (Wildman–Crippen MR) is 96.8 cm³/mol. The molecule has 0 aromatic heterocycles. The Bertz CT molecular complexity index is 521. The van der Waals surface area contributed by atoms with Crippen LogP contribution in [0.4, 0.5) is 0 Å². The lowest BCUT2D eigenvalue weighted by Gasteiger charge is -2.52. The standard InChI is InChI=1S/C21H33N/c1-8-19-16(3)15(2)17(4)22(20(19)21(5,6)7)14-18-12-10-9-11-13-18/h9-13,17,19-20H,8,14H2,1-7H3/t17-,19+,20+/m0/s1. The van der Waals surface area contributed by atoms with Crippen molar-refractivity contribution in [2.24, 2.45) is 11.3 Å². The molecule has 0 bridgehead atoms. The van der Waals surface area contributed by atoms with Gasteiger partial charge in [0.1, 0.15) is 0 Å². The number of rotatable bonds is 3. The lowest BCUT2D eigenvalue weighted by Crippen LogP contribution is -2.55. The van der Waals surface area contributed by atoms with Gasteiger partial charge in [-0.2, -0.15) is 0 Å². The van der Waals surface area contributed by atoms with E-state index >= 15 is 0 Å². The molecule has 2 rings (SSSR count). The van der Waals surface area contributed by atoms with Crippen molar-refractivity contribution in [3.63, 3.8) is 0 Å². The van der Waals surface area contributed by atoms with E-state index in [0.717, 1.165) is 6.54 Å². The van der Waals surface area contributed by atoms with Gasteiger partial charge < -0.3 is 0 Å². The van der Waals surface area contributed by atoms with Crippen LogP contribution < -0.4 is 0 Å². The highest BCUT2D eigenvalue weighted by molar-refractivity contribution is 5.26. The highest BCUT2D eigenvalue weighted by Crippen LogP contribution is 2.43. The van der Waals surface area contributed by atoms with Gasteiger partial charge in [-0.3, -0.25) is 4.90 Å². The first-order valence-corrected chi connectivity index (χ1v) is 8.74. The molecule has 1 aromatic carbocycles. The zero-order chi connectivity index (χ0) is 16.5. The zero-order valence-corrected chi connectivity index (χ0v) is 15.5. The third kappa shape index (κ3) is 3.30. The van der Waals surface area contributed by atoms with Crippen LogP contribution in [0.2, 0.25) is 0 Å². The SMILES string of the molecule is CC[C@@H]1C(C)=C(C)[C@H](C)N(Cc2ccccc2)[C@H]1C(C)(C)C. The summed E-state index contributed by atoms with van der Waals surface area (Å²) < 4.78 is 0.